The molecule has 0 aromatic carbocycles. The first kappa shape index (κ1) is 5.92. The SMILES string of the molecule is Cc1cn(C)c2ncsc12. The van der Waals surface area contributed by atoms with Crippen LogP contribution in [0.1, 0.15) is 5.56 Å². The molecule has 0 fully saturated rings. The third-order valence-corrected chi connectivity index (χ3v) is 2.58. The molecule has 2 nitrogen and oxygen atoms in total. The van der Waals surface area contributed by atoms with Crippen molar-refractivity contribution in [1.29, 1.82) is 0 Å². The van der Waals surface area contributed by atoms with Gasteiger partial charge in [0.05, 0.1) is 10.2 Å². The lowest BCUT2D eigenvalue weighted by molar-refractivity contribution is 0.947. The molecular weight excluding hydrogens is 144 g/mol. The van der Waals surface area contributed by atoms with E-state index in [0.717, 1.165) is 5.65 Å². The van der Waals surface area contributed by atoms with Gasteiger partial charge < -0.3 is 4.57 Å². The molecule has 0 atom stereocenters. The molecule has 0 bridgehead atoms. The fourth-order valence-electron chi connectivity index (χ4n) is 1.17. The summed E-state index contributed by atoms with van der Waals surface area (Å²) in [5, 5.41) is 0. The first-order valence-corrected chi connectivity index (χ1v) is 4.02. The Morgan fingerprint density at radius 2 is 2.40 bits per heavy atom. The molecular formula is C7H8N2S. The summed E-state index contributed by atoms with van der Waals surface area (Å²) in [5.74, 6) is 0. The number of fused-ring (bicyclic) bond motifs is 1. The standard InChI is InChI=1S/C7H8N2S/c1-5-3-9(2)7-6(5)10-4-8-7/h3-4H,1-2H3. The van der Waals surface area contributed by atoms with E-state index in [4.69, 9.17) is 0 Å². The van der Waals surface area contributed by atoms with Gasteiger partial charge in [0.25, 0.3) is 0 Å². The lowest BCUT2D eigenvalue weighted by atomic mass is 10.4. The molecule has 0 saturated carbocycles. The predicted octanol–water partition coefficient (Wildman–Crippen LogP) is 1.94. The minimum atomic E-state index is 1.10. The summed E-state index contributed by atoms with van der Waals surface area (Å²) in [5.41, 5.74) is 4.31. The molecule has 0 aliphatic carbocycles. The molecule has 2 heterocycles. The van der Waals surface area contributed by atoms with Crippen molar-refractivity contribution in [1.82, 2.24) is 9.55 Å². The van der Waals surface area contributed by atoms with Crippen LogP contribution in [0, 0.1) is 6.92 Å². The Bertz CT molecular complexity index is 327. The Morgan fingerprint density at radius 1 is 1.60 bits per heavy atom. The summed E-state index contributed by atoms with van der Waals surface area (Å²) in [4.78, 5) is 4.22. The van der Waals surface area contributed by atoms with Crippen molar-refractivity contribution in [3.05, 3.63) is 17.3 Å². The number of hydrogen-bond acceptors (Lipinski definition) is 2. The quantitative estimate of drug-likeness (QED) is 0.564. The van der Waals surface area contributed by atoms with Gasteiger partial charge in [0.2, 0.25) is 0 Å². The van der Waals surface area contributed by atoms with E-state index in [2.05, 4.69) is 22.7 Å². The van der Waals surface area contributed by atoms with Crippen molar-refractivity contribution in [2.45, 2.75) is 6.92 Å². The molecule has 0 radical (unpaired) electrons. The smallest absolute Gasteiger partial charge is 0.150 e. The molecule has 2 rings (SSSR count). The molecule has 0 amide bonds. The lowest BCUT2D eigenvalue weighted by Crippen LogP contribution is -1.82. The van der Waals surface area contributed by atoms with Crippen molar-refractivity contribution in [3.63, 3.8) is 0 Å². The van der Waals surface area contributed by atoms with Gasteiger partial charge in [-0.25, -0.2) is 4.98 Å². The first-order valence-electron chi connectivity index (χ1n) is 3.14. The van der Waals surface area contributed by atoms with Crippen LogP contribution in [0.5, 0.6) is 0 Å². The van der Waals surface area contributed by atoms with E-state index in [1.54, 1.807) is 11.3 Å². The monoisotopic (exact) mass is 152 g/mol. The Labute approximate surface area is 63.1 Å². The van der Waals surface area contributed by atoms with Crippen molar-refractivity contribution in [2.75, 3.05) is 0 Å². The fourth-order valence-corrected chi connectivity index (χ4v) is 1.97. The largest absolute Gasteiger partial charge is 0.335 e. The molecule has 2 aromatic rings. The second kappa shape index (κ2) is 1.83. The first-order chi connectivity index (χ1) is 4.79. The molecule has 10 heavy (non-hydrogen) atoms. The highest BCUT2D eigenvalue weighted by Crippen LogP contribution is 2.22. The maximum atomic E-state index is 4.22. The number of thiazole rings is 1. The summed E-state index contributed by atoms with van der Waals surface area (Å²) >= 11 is 1.70. The van der Waals surface area contributed by atoms with Gasteiger partial charge in [-0.1, -0.05) is 0 Å². The van der Waals surface area contributed by atoms with E-state index in [-0.39, 0.29) is 0 Å². The van der Waals surface area contributed by atoms with E-state index < -0.39 is 0 Å². The zero-order chi connectivity index (χ0) is 7.14. The van der Waals surface area contributed by atoms with E-state index >= 15 is 0 Å². The van der Waals surface area contributed by atoms with Crippen molar-refractivity contribution in [2.24, 2.45) is 7.05 Å². The topological polar surface area (TPSA) is 17.8 Å². The average molecular weight is 152 g/mol. The van der Waals surface area contributed by atoms with E-state index in [9.17, 15) is 0 Å². The van der Waals surface area contributed by atoms with Gasteiger partial charge in [-0.15, -0.1) is 11.3 Å². The molecule has 52 valence electrons. The Morgan fingerprint density at radius 3 is 3.10 bits per heavy atom. The van der Waals surface area contributed by atoms with Gasteiger partial charge in [-0.3, -0.25) is 0 Å². The van der Waals surface area contributed by atoms with Crippen molar-refractivity contribution < 1.29 is 0 Å². The lowest BCUT2D eigenvalue weighted by Gasteiger charge is -1.85. The van der Waals surface area contributed by atoms with Gasteiger partial charge >= 0.3 is 0 Å². The van der Waals surface area contributed by atoms with Crippen LogP contribution in [0.3, 0.4) is 0 Å². The highest BCUT2D eigenvalue weighted by Gasteiger charge is 2.03. The van der Waals surface area contributed by atoms with Crippen LogP contribution in [0.15, 0.2) is 11.7 Å². The third-order valence-electron chi connectivity index (χ3n) is 1.63. The average Bonchev–Trinajstić information content (AvgIpc) is 2.39. The number of hydrogen-bond donors (Lipinski definition) is 0. The number of rotatable bonds is 0. The maximum absolute atomic E-state index is 4.22. The van der Waals surface area contributed by atoms with Gasteiger partial charge in [-0.05, 0) is 12.5 Å². The van der Waals surface area contributed by atoms with E-state index in [1.807, 2.05) is 12.6 Å². The van der Waals surface area contributed by atoms with Crippen LogP contribution in [0.4, 0.5) is 0 Å². The zero-order valence-corrected chi connectivity index (χ0v) is 6.77. The number of nitrogens with zero attached hydrogens (tertiary/aromatic N) is 2. The summed E-state index contributed by atoms with van der Waals surface area (Å²) in [6, 6.07) is 0. The summed E-state index contributed by atoms with van der Waals surface area (Å²) in [6.07, 6.45) is 2.11. The van der Waals surface area contributed by atoms with Gasteiger partial charge in [-0.2, -0.15) is 0 Å². The molecule has 0 unspecified atom stereocenters. The fraction of sp³-hybridized carbons (Fsp3) is 0.286. The minimum absolute atomic E-state index is 1.10. The molecule has 0 spiro atoms. The second-order valence-corrected chi connectivity index (χ2v) is 3.28. The third kappa shape index (κ3) is 0.609. The molecule has 3 heteroatoms. The highest BCUT2D eigenvalue weighted by atomic mass is 32.1. The van der Waals surface area contributed by atoms with Crippen LogP contribution in [0.25, 0.3) is 10.3 Å². The highest BCUT2D eigenvalue weighted by molar-refractivity contribution is 7.16. The summed E-state index contributed by atoms with van der Waals surface area (Å²) in [6.45, 7) is 2.11. The Kier molecular flexibility index (Phi) is 1.08. The molecule has 0 aliphatic heterocycles. The van der Waals surface area contributed by atoms with Gasteiger partial charge in [0, 0.05) is 13.2 Å². The second-order valence-electron chi connectivity index (χ2n) is 2.43. The van der Waals surface area contributed by atoms with E-state index in [0.29, 0.717) is 0 Å². The number of aryl methyl sites for hydroxylation is 2. The van der Waals surface area contributed by atoms with Crippen LogP contribution in [-0.2, 0) is 7.05 Å². The normalized spacial score (nSPS) is 11.0. The van der Waals surface area contributed by atoms with Crippen LogP contribution in [-0.4, -0.2) is 9.55 Å². The maximum Gasteiger partial charge on any atom is 0.150 e. The Hall–Kier alpha value is -0.830. The summed E-state index contributed by atoms with van der Waals surface area (Å²) < 4.78 is 3.36. The molecule has 0 N–H and O–H groups in total. The molecule has 2 aromatic heterocycles. The molecule has 0 saturated heterocycles. The van der Waals surface area contributed by atoms with Crippen LogP contribution < -0.4 is 0 Å². The summed E-state index contributed by atoms with van der Waals surface area (Å²) in [7, 11) is 2.02. The predicted molar refractivity (Wildman–Crippen MR) is 43.3 cm³/mol. The Balaban J connectivity index is 2.98. The van der Waals surface area contributed by atoms with Gasteiger partial charge in [0.15, 0.2) is 5.65 Å². The van der Waals surface area contributed by atoms with Crippen molar-refractivity contribution >= 4 is 21.7 Å². The van der Waals surface area contributed by atoms with Gasteiger partial charge in [0.1, 0.15) is 0 Å². The van der Waals surface area contributed by atoms with Crippen LogP contribution >= 0.6 is 11.3 Å². The number of aromatic nitrogens is 2. The van der Waals surface area contributed by atoms with Crippen LogP contribution in [0.2, 0.25) is 0 Å². The van der Waals surface area contributed by atoms with E-state index in [1.165, 1.54) is 10.3 Å². The van der Waals surface area contributed by atoms with Crippen molar-refractivity contribution in [3.8, 4) is 0 Å². The molecule has 0 aliphatic rings. The zero-order valence-electron chi connectivity index (χ0n) is 5.96. The minimum Gasteiger partial charge on any atom is -0.335 e.